The third-order valence-electron chi connectivity index (χ3n) is 4.99. The highest BCUT2D eigenvalue weighted by Crippen LogP contribution is 2.25. The monoisotopic (exact) mass is 340 g/mol. The Morgan fingerprint density at radius 2 is 2.17 bits per heavy atom. The minimum atomic E-state index is -0.0732. The predicted octanol–water partition coefficient (Wildman–Crippen LogP) is 1.71. The zero-order valence-corrected chi connectivity index (χ0v) is 14.8. The number of fused-ring (bicyclic) bond motifs is 1. The van der Waals surface area contributed by atoms with Crippen LogP contribution in [0.15, 0.2) is 0 Å². The minimum absolute atomic E-state index is 0.0732. The first-order chi connectivity index (χ1) is 11.0. The average Bonchev–Trinajstić information content (AvgIpc) is 2.82. The van der Waals surface area contributed by atoms with Crippen molar-refractivity contribution in [3.8, 4) is 0 Å². The van der Waals surface area contributed by atoms with Crippen LogP contribution in [0.2, 0.25) is 5.02 Å². The van der Waals surface area contributed by atoms with Gasteiger partial charge in [-0.05, 0) is 13.3 Å². The summed E-state index contributed by atoms with van der Waals surface area (Å²) in [5, 5.41) is 4.74. The second-order valence-corrected chi connectivity index (χ2v) is 6.87. The molecule has 0 aromatic carbocycles. The van der Waals surface area contributed by atoms with Crippen LogP contribution in [-0.4, -0.2) is 70.4 Å². The van der Waals surface area contributed by atoms with Crippen molar-refractivity contribution in [1.29, 1.82) is 0 Å². The van der Waals surface area contributed by atoms with Crippen LogP contribution in [0.25, 0.3) is 0 Å². The van der Waals surface area contributed by atoms with Crippen LogP contribution in [0.4, 0.5) is 0 Å². The summed E-state index contributed by atoms with van der Waals surface area (Å²) >= 11 is 6.26. The van der Waals surface area contributed by atoms with Gasteiger partial charge in [0.15, 0.2) is 5.69 Å². The van der Waals surface area contributed by atoms with Crippen LogP contribution in [0.5, 0.6) is 0 Å². The van der Waals surface area contributed by atoms with Crippen LogP contribution in [-0.2, 0) is 11.8 Å². The molecule has 2 aliphatic rings. The maximum atomic E-state index is 12.8. The number of morpholine rings is 1. The molecule has 0 saturated carbocycles. The van der Waals surface area contributed by atoms with E-state index in [1.54, 1.807) is 11.7 Å². The van der Waals surface area contributed by atoms with Gasteiger partial charge < -0.3 is 9.64 Å². The van der Waals surface area contributed by atoms with Crippen LogP contribution in [0.3, 0.4) is 0 Å². The van der Waals surface area contributed by atoms with Crippen molar-refractivity contribution in [3.05, 3.63) is 16.4 Å². The number of ether oxygens (including phenoxy) is 1. The number of hydrogen-bond donors (Lipinski definition) is 0. The Bertz CT molecular complexity index is 587. The van der Waals surface area contributed by atoms with Gasteiger partial charge in [0.25, 0.3) is 5.91 Å². The normalized spacial score (nSPS) is 25.5. The lowest BCUT2D eigenvalue weighted by Gasteiger charge is -2.47. The van der Waals surface area contributed by atoms with Gasteiger partial charge in [-0.1, -0.05) is 24.9 Å². The second kappa shape index (κ2) is 6.79. The van der Waals surface area contributed by atoms with Gasteiger partial charge in [0, 0.05) is 32.7 Å². The van der Waals surface area contributed by atoms with Crippen molar-refractivity contribution in [2.75, 3.05) is 32.8 Å². The molecule has 3 heterocycles. The van der Waals surface area contributed by atoms with Crippen LogP contribution in [0.1, 0.15) is 35.9 Å². The van der Waals surface area contributed by atoms with Crippen molar-refractivity contribution in [2.24, 2.45) is 7.05 Å². The number of carbonyl (C=O) groups excluding carboxylic acids is 1. The van der Waals surface area contributed by atoms with E-state index in [-0.39, 0.29) is 11.9 Å². The largest absolute Gasteiger partial charge is 0.378 e. The van der Waals surface area contributed by atoms with E-state index in [2.05, 4.69) is 16.9 Å². The molecular formula is C16H25ClN4O2. The Morgan fingerprint density at radius 1 is 1.39 bits per heavy atom. The number of amides is 1. The number of carbonyl (C=O) groups is 1. The molecule has 0 N–H and O–H groups in total. The fourth-order valence-electron chi connectivity index (χ4n) is 3.57. The molecule has 7 heteroatoms. The molecule has 2 atom stereocenters. The summed E-state index contributed by atoms with van der Waals surface area (Å²) in [5.74, 6) is -0.0732. The molecule has 0 spiro atoms. The van der Waals surface area contributed by atoms with E-state index >= 15 is 0 Å². The Balaban J connectivity index is 1.71. The molecule has 2 unspecified atom stereocenters. The summed E-state index contributed by atoms with van der Waals surface area (Å²) in [5.41, 5.74) is 1.18. The highest BCUT2D eigenvalue weighted by atomic mass is 35.5. The lowest BCUT2D eigenvalue weighted by atomic mass is 10.0. The van der Waals surface area contributed by atoms with Crippen LogP contribution in [0, 0.1) is 6.92 Å². The maximum absolute atomic E-state index is 12.8. The summed E-state index contributed by atoms with van der Waals surface area (Å²) in [6.45, 7) is 7.88. The number of halogens is 1. The fraction of sp³-hybridized carbons (Fsp3) is 0.750. The number of piperazine rings is 1. The molecule has 128 valence electrons. The number of hydrogen-bond acceptors (Lipinski definition) is 4. The Kier molecular flexibility index (Phi) is 4.94. The van der Waals surface area contributed by atoms with Crippen molar-refractivity contribution in [2.45, 2.75) is 38.8 Å². The molecule has 1 aromatic rings. The van der Waals surface area contributed by atoms with Gasteiger partial charge in [0.05, 0.1) is 30.0 Å². The molecule has 1 aromatic heterocycles. The van der Waals surface area contributed by atoms with E-state index in [0.29, 0.717) is 29.9 Å². The first-order valence-corrected chi connectivity index (χ1v) is 8.72. The van der Waals surface area contributed by atoms with Crippen LogP contribution >= 0.6 is 11.6 Å². The molecule has 0 radical (unpaired) electrons. The molecule has 3 rings (SSSR count). The zero-order valence-electron chi connectivity index (χ0n) is 14.1. The van der Waals surface area contributed by atoms with Gasteiger partial charge in [-0.25, -0.2) is 0 Å². The summed E-state index contributed by atoms with van der Waals surface area (Å²) < 4.78 is 7.42. The fourth-order valence-corrected chi connectivity index (χ4v) is 3.81. The van der Waals surface area contributed by atoms with Gasteiger partial charge >= 0.3 is 0 Å². The lowest BCUT2D eigenvalue weighted by molar-refractivity contribution is -0.0777. The highest BCUT2D eigenvalue weighted by molar-refractivity contribution is 6.34. The molecule has 1 amide bonds. The van der Waals surface area contributed by atoms with Crippen molar-refractivity contribution in [3.63, 3.8) is 0 Å². The van der Waals surface area contributed by atoms with Gasteiger partial charge in [-0.2, -0.15) is 5.10 Å². The topological polar surface area (TPSA) is 50.6 Å². The first-order valence-electron chi connectivity index (χ1n) is 8.34. The molecule has 6 nitrogen and oxygen atoms in total. The summed E-state index contributed by atoms with van der Waals surface area (Å²) in [7, 11) is 1.81. The number of aromatic nitrogens is 2. The van der Waals surface area contributed by atoms with E-state index in [0.717, 1.165) is 38.2 Å². The molecule has 2 fully saturated rings. The van der Waals surface area contributed by atoms with Gasteiger partial charge in [-0.15, -0.1) is 0 Å². The first kappa shape index (κ1) is 16.7. The summed E-state index contributed by atoms with van der Waals surface area (Å²) in [6, 6.07) is 0.762. The van der Waals surface area contributed by atoms with E-state index in [1.165, 1.54) is 0 Å². The predicted molar refractivity (Wildman–Crippen MR) is 88.9 cm³/mol. The van der Waals surface area contributed by atoms with Crippen molar-refractivity contribution in [1.82, 2.24) is 19.6 Å². The standard InChI is InChI=1S/C16H25ClN4O2/c1-4-5-12-9-23-10-13-8-20(6-7-21(12)13)16(22)15-14(17)11(2)19(3)18-15/h12-13H,4-10H2,1-3H3. The summed E-state index contributed by atoms with van der Waals surface area (Å²) in [4.78, 5) is 17.2. The molecule has 0 aliphatic carbocycles. The Labute approximate surface area is 142 Å². The lowest BCUT2D eigenvalue weighted by Crippen LogP contribution is -2.62. The third-order valence-corrected chi connectivity index (χ3v) is 5.44. The smallest absolute Gasteiger partial charge is 0.276 e. The van der Waals surface area contributed by atoms with Gasteiger partial charge in [0.1, 0.15) is 0 Å². The molecule has 2 saturated heterocycles. The molecule has 0 bridgehead atoms. The number of aryl methyl sites for hydroxylation is 1. The number of nitrogens with zero attached hydrogens (tertiary/aromatic N) is 4. The third kappa shape index (κ3) is 3.12. The molecular weight excluding hydrogens is 316 g/mol. The average molecular weight is 341 g/mol. The van der Waals surface area contributed by atoms with E-state index in [4.69, 9.17) is 16.3 Å². The maximum Gasteiger partial charge on any atom is 0.276 e. The highest BCUT2D eigenvalue weighted by Gasteiger charge is 2.37. The zero-order chi connectivity index (χ0) is 16.6. The van der Waals surface area contributed by atoms with Crippen LogP contribution < -0.4 is 0 Å². The Hall–Kier alpha value is -1.11. The Morgan fingerprint density at radius 3 is 2.83 bits per heavy atom. The van der Waals surface area contributed by atoms with Crippen molar-refractivity contribution >= 4 is 17.5 Å². The number of rotatable bonds is 3. The summed E-state index contributed by atoms with van der Waals surface area (Å²) in [6.07, 6.45) is 2.30. The quantitative estimate of drug-likeness (QED) is 0.840. The molecule has 2 aliphatic heterocycles. The SMILES string of the molecule is CCCC1COCC2CN(C(=O)c3nn(C)c(C)c3Cl)CCN12. The van der Waals surface area contributed by atoms with E-state index in [9.17, 15) is 4.79 Å². The van der Waals surface area contributed by atoms with Gasteiger partial charge in [0.2, 0.25) is 0 Å². The van der Waals surface area contributed by atoms with E-state index < -0.39 is 0 Å². The van der Waals surface area contributed by atoms with E-state index in [1.807, 2.05) is 11.8 Å². The van der Waals surface area contributed by atoms with Gasteiger partial charge in [-0.3, -0.25) is 14.4 Å². The minimum Gasteiger partial charge on any atom is -0.378 e. The van der Waals surface area contributed by atoms with Crippen molar-refractivity contribution < 1.29 is 9.53 Å². The molecule has 23 heavy (non-hydrogen) atoms. The second-order valence-electron chi connectivity index (χ2n) is 6.49.